The standard InChI is InChI=1S/C31H27F6N3O4/c1-4-22-25(28(41)42)24(20-11-10-19(30(32,33)34)14-21(20)31(35,36)37)26(23(5-2)40(22)3)29(43)44-27(17-8-6-12-38-15-17)18-9-7-13-39-16-18/h6-16,24,27H,4-5H2,1-3H3,(H,41,42). The lowest BCUT2D eigenvalue weighted by atomic mass is 9.76. The predicted octanol–water partition coefficient (Wildman–Crippen LogP) is 7.29. The molecule has 0 aliphatic carbocycles. The van der Waals surface area contributed by atoms with Crippen molar-refractivity contribution in [2.45, 2.75) is 51.1 Å². The number of carbonyl (C=O) groups is 2. The summed E-state index contributed by atoms with van der Waals surface area (Å²) >= 11 is 0. The third kappa shape index (κ3) is 6.31. The fourth-order valence-electron chi connectivity index (χ4n) is 5.44. The Balaban J connectivity index is 2.00. The Morgan fingerprint density at radius 1 is 0.886 bits per heavy atom. The van der Waals surface area contributed by atoms with E-state index >= 15 is 0 Å². The number of esters is 1. The topological polar surface area (TPSA) is 92.6 Å². The van der Waals surface area contributed by atoms with E-state index in [1.54, 1.807) is 38.1 Å². The number of nitrogens with zero attached hydrogens (tertiary/aromatic N) is 3. The number of rotatable bonds is 8. The fourth-order valence-corrected chi connectivity index (χ4v) is 5.44. The number of ether oxygens (including phenoxy) is 1. The smallest absolute Gasteiger partial charge is 0.416 e. The normalized spacial score (nSPS) is 16.0. The molecule has 0 spiro atoms. The van der Waals surface area contributed by atoms with Crippen molar-refractivity contribution >= 4 is 11.9 Å². The molecule has 4 rings (SSSR count). The van der Waals surface area contributed by atoms with Crippen LogP contribution in [0, 0.1) is 0 Å². The summed E-state index contributed by atoms with van der Waals surface area (Å²) in [6, 6.07) is 7.32. The molecule has 1 atom stereocenters. The van der Waals surface area contributed by atoms with Gasteiger partial charge in [-0.3, -0.25) is 9.97 Å². The summed E-state index contributed by atoms with van der Waals surface area (Å²) < 4.78 is 89.8. The molecule has 0 saturated carbocycles. The second-order valence-corrected chi connectivity index (χ2v) is 9.88. The van der Waals surface area contributed by atoms with Crippen LogP contribution >= 0.6 is 0 Å². The largest absolute Gasteiger partial charge is 0.478 e. The second-order valence-electron chi connectivity index (χ2n) is 9.88. The molecule has 0 amide bonds. The Morgan fingerprint density at radius 3 is 1.86 bits per heavy atom. The van der Waals surface area contributed by atoms with Crippen molar-refractivity contribution in [3.05, 3.63) is 118 Å². The summed E-state index contributed by atoms with van der Waals surface area (Å²) in [4.78, 5) is 36.4. The monoisotopic (exact) mass is 619 g/mol. The number of alkyl halides is 6. The molecule has 7 nitrogen and oxygen atoms in total. The van der Waals surface area contributed by atoms with Crippen LogP contribution in [0.1, 0.15) is 66.5 Å². The molecule has 0 saturated heterocycles. The minimum atomic E-state index is -5.33. The summed E-state index contributed by atoms with van der Waals surface area (Å²) in [6.07, 6.45) is -5.70. The van der Waals surface area contributed by atoms with Crippen LogP contribution in [0.4, 0.5) is 26.3 Å². The fraction of sp³-hybridized carbons (Fsp3) is 0.290. The molecule has 0 radical (unpaired) electrons. The summed E-state index contributed by atoms with van der Waals surface area (Å²) in [5.41, 5.74) is -4.09. The van der Waals surface area contributed by atoms with Crippen LogP contribution in [0.15, 0.2) is 89.8 Å². The number of aliphatic carboxylic acids is 1. The quantitative estimate of drug-likeness (QED) is 0.209. The van der Waals surface area contributed by atoms with E-state index < -0.39 is 64.1 Å². The van der Waals surface area contributed by atoms with Crippen molar-refractivity contribution < 1.29 is 45.8 Å². The van der Waals surface area contributed by atoms with Gasteiger partial charge in [-0.25, -0.2) is 9.59 Å². The molecule has 0 bridgehead atoms. The van der Waals surface area contributed by atoms with Crippen molar-refractivity contribution in [2.75, 3.05) is 7.05 Å². The maximum absolute atomic E-state index is 14.4. The van der Waals surface area contributed by atoms with Gasteiger partial charge in [-0.05, 0) is 42.7 Å². The van der Waals surface area contributed by atoms with Gasteiger partial charge in [0.05, 0.1) is 28.2 Å². The molecular formula is C31H27F6N3O4. The molecule has 2 aromatic heterocycles. The van der Waals surface area contributed by atoms with E-state index in [1.165, 1.54) is 36.7 Å². The number of hydrogen-bond donors (Lipinski definition) is 1. The highest BCUT2D eigenvalue weighted by Gasteiger charge is 2.46. The molecule has 3 heterocycles. The first-order valence-corrected chi connectivity index (χ1v) is 13.4. The van der Waals surface area contributed by atoms with Gasteiger partial charge in [-0.1, -0.05) is 32.0 Å². The molecule has 3 aromatic rings. The van der Waals surface area contributed by atoms with Crippen molar-refractivity contribution in [2.24, 2.45) is 0 Å². The van der Waals surface area contributed by atoms with Gasteiger partial charge < -0.3 is 14.7 Å². The Morgan fingerprint density at radius 2 is 1.43 bits per heavy atom. The highest BCUT2D eigenvalue weighted by Crippen LogP contribution is 2.49. The molecular weight excluding hydrogens is 592 g/mol. The number of pyridine rings is 2. The Labute approximate surface area is 248 Å². The van der Waals surface area contributed by atoms with Gasteiger partial charge in [0, 0.05) is 54.4 Å². The second kappa shape index (κ2) is 12.5. The maximum atomic E-state index is 14.4. The number of halogens is 6. The summed E-state index contributed by atoms with van der Waals surface area (Å²) in [5, 5.41) is 10.3. The molecule has 1 aliphatic heterocycles. The zero-order valence-electron chi connectivity index (χ0n) is 23.7. The van der Waals surface area contributed by atoms with Crippen LogP contribution in [0.25, 0.3) is 0 Å². The minimum absolute atomic E-state index is 0.0381. The van der Waals surface area contributed by atoms with E-state index in [-0.39, 0.29) is 30.3 Å². The Bertz CT molecular complexity index is 1560. The maximum Gasteiger partial charge on any atom is 0.416 e. The summed E-state index contributed by atoms with van der Waals surface area (Å²) in [7, 11) is 1.47. The minimum Gasteiger partial charge on any atom is -0.478 e. The lowest BCUT2D eigenvalue weighted by molar-refractivity contribution is -0.146. The number of aromatic nitrogens is 2. The Hall–Kier alpha value is -4.68. The molecule has 44 heavy (non-hydrogen) atoms. The van der Waals surface area contributed by atoms with E-state index in [0.29, 0.717) is 23.3 Å². The number of carbonyl (C=O) groups excluding carboxylic acids is 1. The molecule has 1 aliphatic rings. The lowest BCUT2D eigenvalue weighted by Gasteiger charge is -2.38. The van der Waals surface area contributed by atoms with E-state index in [9.17, 15) is 41.0 Å². The van der Waals surface area contributed by atoms with Crippen LogP contribution < -0.4 is 0 Å². The molecule has 1 unspecified atom stereocenters. The van der Waals surface area contributed by atoms with Crippen molar-refractivity contribution in [3.8, 4) is 0 Å². The zero-order valence-corrected chi connectivity index (χ0v) is 23.7. The molecule has 232 valence electrons. The summed E-state index contributed by atoms with van der Waals surface area (Å²) in [6.45, 7) is 3.20. The Kier molecular flexibility index (Phi) is 9.17. The molecule has 13 heteroatoms. The van der Waals surface area contributed by atoms with E-state index in [2.05, 4.69) is 9.97 Å². The van der Waals surface area contributed by atoms with Crippen molar-refractivity contribution in [1.29, 1.82) is 0 Å². The number of benzene rings is 1. The van der Waals surface area contributed by atoms with E-state index in [0.717, 1.165) is 0 Å². The van der Waals surface area contributed by atoms with E-state index in [1.807, 2.05) is 0 Å². The summed E-state index contributed by atoms with van der Waals surface area (Å²) in [5.74, 6) is -4.70. The number of carboxylic acids is 1. The predicted molar refractivity (Wildman–Crippen MR) is 146 cm³/mol. The van der Waals surface area contributed by atoms with Gasteiger partial charge in [0.25, 0.3) is 0 Å². The first kappa shape index (κ1) is 32.2. The number of hydrogen-bond acceptors (Lipinski definition) is 6. The third-order valence-corrected chi connectivity index (χ3v) is 7.33. The van der Waals surface area contributed by atoms with Gasteiger partial charge in [-0.2, -0.15) is 26.3 Å². The third-order valence-electron chi connectivity index (χ3n) is 7.33. The van der Waals surface area contributed by atoms with Gasteiger partial charge in [0.2, 0.25) is 0 Å². The average molecular weight is 620 g/mol. The highest BCUT2D eigenvalue weighted by atomic mass is 19.4. The van der Waals surface area contributed by atoms with Crippen molar-refractivity contribution in [3.63, 3.8) is 0 Å². The SMILES string of the molecule is CCC1=C(C(=O)O)C(c2ccc(C(F)(F)F)cc2C(F)(F)F)C(C(=O)OC(c2cccnc2)c2cccnc2)=C(CC)N1C. The number of carboxylic acid groups (broad SMARTS) is 1. The van der Waals surface area contributed by atoms with Gasteiger partial charge in [0.1, 0.15) is 0 Å². The van der Waals surface area contributed by atoms with E-state index in [4.69, 9.17) is 4.74 Å². The van der Waals surface area contributed by atoms with Gasteiger partial charge in [-0.15, -0.1) is 0 Å². The highest BCUT2D eigenvalue weighted by molar-refractivity contribution is 5.99. The van der Waals surface area contributed by atoms with Crippen LogP contribution in [-0.4, -0.2) is 39.0 Å². The number of allylic oxidation sites excluding steroid dienone is 2. The molecule has 0 fully saturated rings. The zero-order chi connectivity index (χ0) is 32.4. The first-order valence-electron chi connectivity index (χ1n) is 13.4. The average Bonchev–Trinajstić information content (AvgIpc) is 2.98. The lowest BCUT2D eigenvalue weighted by Crippen LogP contribution is -2.35. The van der Waals surface area contributed by atoms with Crippen LogP contribution in [-0.2, 0) is 26.7 Å². The van der Waals surface area contributed by atoms with Crippen LogP contribution in [0.5, 0.6) is 0 Å². The first-order chi connectivity index (χ1) is 20.7. The molecule has 1 aromatic carbocycles. The van der Waals surface area contributed by atoms with Crippen molar-refractivity contribution in [1.82, 2.24) is 14.9 Å². The van der Waals surface area contributed by atoms with Gasteiger partial charge in [0.15, 0.2) is 6.10 Å². The molecule has 1 N–H and O–H groups in total. The van der Waals surface area contributed by atoms with Gasteiger partial charge >= 0.3 is 24.3 Å². The van der Waals surface area contributed by atoms with Crippen LogP contribution in [0.2, 0.25) is 0 Å². The van der Waals surface area contributed by atoms with Crippen LogP contribution in [0.3, 0.4) is 0 Å².